The van der Waals surface area contributed by atoms with Gasteiger partial charge in [-0.1, -0.05) is 63.1 Å². The predicted molar refractivity (Wildman–Crippen MR) is 138 cm³/mol. The van der Waals surface area contributed by atoms with Gasteiger partial charge in [-0.2, -0.15) is 15.0 Å². The molecule has 0 aliphatic heterocycles. The molecule has 0 spiro atoms. The lowest BCUT2D eigenvalue weighted by Gasteiger charge is -2.22. The van der Waals surface area contributed by atoms with Crippen LogP contribution >= 0.6 is 43.2 Å². The first kappa shape index (κ1) is 24.3. The monoisotopic (exact) mass is 488 g/mol. The Morgan fingerprint density at radius 1 is 0.613 bits per heavy atom. The van der Waals surface area contributed by atoms with Crippen LogP contribution in [0.25, 0.3) is 0 Å². The SMILES string of the molecule is CCCCN(CCCC)c1nc(SSc2ccccc2)nc(SSc2ccccc2)n1. The molecule has 0 bridgehead atoms. The van der Waals surface area contributed by atoms with Crippen LogP contribution in [0.4, 0.5) is 5.95 Å². The number of benzene rings is 2. The Morgan fingerprint density at radius 2 is 1.06 bits per heavy atom. The van der Waals surface area contributed by atoms with Crippen LogP contribution in [0.15, 0.2) is 80.8 Å². The van der Waals surface area contributed by atoms with Crippen molar-refractivity contribution in [3.8, 4) is 0 Å². The summed E-state index contributed by atoms with van der Waals surface area (Å²) in [6, 6.07) is 20.7. The summed E-state index contributed by atoms with van der Waals surface area (Å²) in [5.41, 5.74) is 0. The summed E-state index contributed by atoms with van der Waals surface area (Å²) in [6.07, 6.45) is 4.59. The average molecular weight is 489 g/mol. The number of hydrogen-bond acceptors (Lipinski definition) is 8. The van der Waals surface area contributed by atoms with Crippen molar-refractivity contribution in [2.45, 2.75) is 59.6 Å². The molecule has 0 atom stereocenters. The van der Waals surface area contributed by atoms with Crippen molar-refractivity contribution in [2.24, 2.45) is 0 Å². The van der Waals surface area contributed by atoms with Gasteiger partial charge in [-0.15, -0.1) is 0 Å². The van der Waals surface area contributed by atoms with Crippen LogP contribution < -0.4 is 4.90 Å². The van der Waals surface area contributed by atoms with Gasteiger partial charge < -0.3 is 4.90 Å². The zero-order chi connectivity index (χ0) is 21.7. The largest absolute Gasteiger partial charge is 0.341 e. The third kappa shape index (κ3) is 8.60. The zero-order valence-electron chi connectivity index (χ0n) is 17.9. The molecule has 0 unspecified atom stereocenters. The molecule has 0 saturated carbocycles. The molecular formula is C23H28N4S4. The maximum atomic E-state index is 4.83. The van der Waals surface area contributed by atoms with Crippen LogP contribution in [0.1, 0.15) is 39.5 Å². The highest BCUT2D eigenvalue weighted by molar-refractivity contribution is 8.77. The number of hydrogen-bond donors (Lipinski definition) is 0. The molecule has 1 aromatic heterocycles. The quantitative estimate of drug-likeness (QED) is 0.225. The van der Waals surface area contributed by atoms with Crippen molar-refractivity contribution in [3.63, 3.8) is 0 Å². The molecule has 164 valence electrons. The predicted octanol–water partition coefficient (Wildman–Crippen LogP) is 7.88. The molecule has 1 heterocycles. The van der Waals surface area contributed by atoms with Gasteiger partial charge in [0.2, 0.25) is 16.3 Å². The van der Waals surface area contributed by atoms with Gasteiger partial charge in [0.15, 0.2) is 0 Å². The van der Waals surface area contributed by atoms with E-state index in [2.05, 4.69) is 67.3 Å². The molecule has 0 radical (unpaired) electrons. The van der Waals surface area contributed by atoms with E-state index in [-0.39, 0.29) is 0 Å². The van der Waals surface area contributed by atoms with Crippen LogP contribution in [-0.2, 0) is 0 Å². The molecule has 0 aliphatic carbocycles. The lowest BCUT2D eigenvalue weighted by atomic mass is 10.3. The molecule has 31 heavy (non-hydrogen) atoms. The minimum absolute atomic E-state index is 0.757. The Morgan fingerprint density at radius 3 is 1.48 bits per heavy atom. The Bertz CT molecular complexity index is 827. The summed E-state index contributed by atoms with van der Waals surface area (Å²) in [5.74, 6) is 0.796. The van der Waals surface area contributed by atoms with Crippen LogP contribution in [0.5, 0.6) is 0 Å². The van der Waals surface area contributed by atoms with E-state index in [1.165, 1.54) is 9.79 Å². The summed E-state index contributed by atoms with van der Waals surface area (Å²) < 4.78 is 0. The van der Waals surface area contributed by atoms with E-state index in [0.717, 1.165) is 55.0 Å². The van der Waals surface area contributed by atoms with Gasteiger partial charge in [0.05, 0.1) is 0 Å². The second-order valence-corrected chi connectivity index (χ2v) is 11.2. The van der Waals surface area contributed by atoms with E-state index in [4.69, 9.17) is 15.0 Å². The molecule has 8 heteroatoms. The van der Waals surface area contributed by atoms with E-state index >= 15 is 0 Å². The first-order chi connectivity index (χ1) is 15.3. The smallest absolute Gasteiger partial charge is 0.230 e. The number of nitrogens with zero attached hydrogens (tertiary/aromatic N) is 4. The first-order valence-electron chi connectivity index (χ1n) is 10.6. The fourth-order valence-corrected chi connectivity index (χ4v) is 6.24. The summed E-state index contributed by atoms with van der Waals surface area (Å²) in [6.45, 7) is 6.40. The highest BCUT2D eigenvalue weighted by atomic mass is 33.1. The van der Waals surface area contributed by atoms with E-state index in [0.29, 0.717) is 0 Å². The van der Waals surface area contributed by atoms with Crippen LogP contribution in [0, 0.1) is 0 Å². The molecule has 0 saturated heterocycles. The highest BCUT2D eigenvalue weighted by Crippen LogP contribution is 2.39. The van der Waals surface area contributed by atoms with Crippen LogP contribution in [0.2, 0.25) is 0 Å². The normalized spacial score (nSPS) is 10.9. The molecule has 3 aromatic rings. The molecule has 0 fully saturated rings. The van der Waals surface area contributed by atoms with Crippen molar-refractivity contribution in [1.29, 1.82) is 0 Å². The minimum Gasteiger partial charge on any atom is -0.341 e. The lowest BCUT2D eigenvalue weighted by molar-refractivity contribution is 0.645. The molecule has 0 N–H and O–H groups in total. The fraction of sp³-hybridized carbons (Fsp3) is 0.348. The Labute approximate surface area is 201 Å². The van der Waals surface area contributed by atoms with Gasteiger partial charge >= 0.3 is 0 Å². The first-order valence-corrected chi connectivity index (χ1v) is 14.9. The van der Waals surface area contributed by atoms with Gasteiger partial charge in [-0.3, -0.25) is 0 Å². The molecule has 2 aromatic carbocycles. The van der Waals surface area contributed by atoms with Gasteiger partial charge in [0.25, 0.3) is 0 Å². The van der Waals surface area contributed by atoms with Gasteiger partial charge in [-0.05, 0) is 80.3 Å². The topological polar surface area (TPSA) is 41.9 Å². The number of aromatic nitrogens is 3. The number of unbranched alkanes of at least 4 members (excludes halogenated alkanes) is 2. The molecule has 3 rings (SSSR count). The third-order valence-corrected chi connectivity index (χ3v) is 8.65. The molecular weight excluding hydrogens is 461 g/mol. The van der Waals surface area contributed by atoms with Gasteiger partial charge in [0.1, 0.15) is 0 Å². The average Bonchev–Trinajstić information content (AvgIpc) is 2.83. The Balaban J connectivity index is 1.80. The van der Waals surface area contributed by atoms with Crippen molar-refractivity contribution >= 4 is 49.1 Å². The van der Waals surface area contributed by atoms with Crippen LogP contribution in [-0.4, -0.2) is 28.0 Å². The summed E-state index contributed by atoms with van der Waals surface area (Å²) in [5, 5.41) is 1.51. The van der Waals surface area contributed by atoms with E-state index < -0.39 is 0 Å². The molecule has 4 nitrogen and oxygen atoms in total. The standard InChI is InChI=1S/C23H28N4S4/c1-3-5-17-27(18-6-4-2)21-24-22(30-28-19-13-9-7-10-14-19)26-23(25-21)31-29-20-15-11-8-12-16-20/h7-16H,3-6,17-18H2,1-2H3. The lowest BCUT2D eigenvalue weighted by Crippen LogP contribution is -2.28. The van der Waals surface area contributed by atoms with Gasteiger partial charge in [0, 0.05) is 22.9 Å². The zero-order valence-corrected chi connectivity index (χ0v) is 21.2. The fourth-order valence-electron chi connectivity index (χ4n) is 2.68. The molecule has 0 aliphatic rings. The molecule has 0 amide bonds. The Hall–Kier alpha value is -1.35. The van der Waals surface area contributed by atoms with E-state index in [1.54, 1.807) is 43.2 Å². The van der Waals surface area contributed by atoms with E-state index in [9.17, 15) is 0 Å². The van der Waals surface area contributed by atoms with Crippen molar-refractivity contribution < 1.29 is 0 Å². The maximum absolute atomic E-state index is 4.83. The summed E-state index contributed by atoms with van der Waals surface area (Å²) in [7, 11) is 6.55. The second-order valence-electron chi connectivity index (χ2n) is 6.85. The number of anilines is 1. The van der Waals surface area contributed by atoms with Crippen molar-refractivity contribution in [3.05, 3.63) is 60.7 Å². The minimum atomic E-state index is 0.757. The maximum Gasteiger partial charge on any atom is 0.230 e. The number of rotatable bonds is 13. The van der Waals surface area contributed by atoms with Gasteiger partial charge in [-0.25, -0.2) is 0 Å². The van der Waals surface area contributed by atoms with Crippen molar-refractivity contribution in [1.82, 2.24) is 15.0 Å². The summed E-state index contributed by atoms with van der Waals surface area (Å²) in [4.78, 5) is 19.1. The van der Waals surface area contributed by atoms with Crippen molar-refractivity contribution in [2.75, 3.05) is 18.0 Å². The summed E-state index contributed by atoms with van der Waals surface area (Å²) >= 11 is 0. The van der Waals surface area contributed by atoms with Crippen LogP contribution in [0.3, 0.4) is 0 Å². The highest BCUT2D eigenvalue weighted by Gasteiger charge is 2.15. The third-order valence-electron chi connectivity index (χ3n) is 4.34. The Kier molecular flexibility index (Phi) is 10.9. The second kappa shape index (κ2) is 13.9. The van der Waals surface area contributed by atoms with E-state index in [1.807, 2.05) is 12.1 Å².